The van der Waals surface area contributed by atoms with Gasteiger partial charge in [-0.2, -0.15) is 5.26 Å². The first-order chi connectivity index (χ1) is 16.4. The molecule has 0 radical (unpaired) electrons. The fourth-order valence-electron chi connectivity index (χ4n) is 3.19. The van der Waals surface area contributed by atoms with Crippen molar-refractivity contribution in [2.24, 2.45) is 0 Å². The summed E-state index contributed by atoms with van der Waals surface area (Å²) < 4.78 is 10.8. The summed E-state index contributed by atoms with van der Waals surface area (Å²) in [5.41, 5.74) is 3.71. The van der Waals surface area contributed by atoms with Crippen LogP contribution in [0.4, 0.5) is 11.4 Å². The van der Waals surface area contributed by atoms with Gasteiger partial charge in [-0.3, -0.25) is 9.59 Å². The number of methoxy groups -OCH3 is 1. The molecule has 0 saturated heterocycles. The maximum Gasteiger partial charge on any atom is 0.266 e. The molecule has 0 aliphatic heterocycles. The molecule has 0 aliphatic carbocycles. The van der Waals surface area contributed by atoms with E-state index in [-0.39, 0.29) is 18.1 Å². The van der Waals surface area contributed by atoms with Crippen LogP contribution in [0.25, 0.3) is 6.08 Å². The van der Waals surface area contributed by atoms with E-state index < -0.39 is 5.91 Å². The van der Waals surface area contributed by atoms with E-state index in [2.05, 4.69) is 10.6 Å². The van der Waals surface area contributed by atoms with Gasteiger partial charge in [0.05, 0.1) is 7.11 Å². The van der Waals surface area contributed by atoms with Gasteiger partial charge < -0.3 is 20.1 Å². The number of benzene rings is 3. The molecule has 0 aromatic heterocycles. The van der Waals surface area contributed by atoms with E-state index in [4.69, 9.17) is 9.47 Å². The lowest BCUT2D eigenvalue weighted by Gasteiger charge is -2.12. The highest BCUT2D eigenvalue weighted by molar-refractivity contribution is 6.09. The van der Waals surface area contributed by atoms with Crippen LogP contribution in [-0.4, -0.2) is 25.5 Å². The Morgan fingerprint density at radius 3 is 2.41 bits per heavy atom. The lowest BCUT2D eigenvalue weighted by Crippen LogP contribution is -2.21. The van der Waals surface area contributed by atoms with Crippen molar-refractivity contribution in [2.75, 3.05) is 24.4 Å². The number of para-hydroxylation sites is 1. The summed E-state index contributed by atoms with van der Waals surface area (Å²) in [6.45, 7) is 3.68. The van der Waals surface area contributed by atoms with Gasteiger partial charge in [0.15, 0.2) is 6.61 Å². The fraction of sp³-hybridized carbons (Fsp3) is 0.148. The molecule has 0 unspecified atom stereocenters. The molecule has 2 amide bonds. The standard InChI is InChI=1S/C27H25N3O4/c1-18-8-13-24(19(2)14-18)30-26(31)17-34-25-7-5-4-6-20(25)15-21(16-28)27(32)29-22-9-11-23(33-3)12-10-22/h4-15H,17H2,1-3H3,(H,29,32)(H,30,31)/b21-15-. The molecule has 0 bridgehead atoms. The molecule has 3 aromatic rings. The van der Waals surface area contributed by atoms with Crippen LogP contribution in [0.1, 0.15) is 16.7 Å². The largest absolute Gasteiger partial charge is 0.497 e. The minimum absolute atomic E-state index is 0.105. The lowest BCUT2D eigenvalue weighted by atomic mass is 10.1. The van der Waals surface area contributed by atoms with Crippen LogP contribution in [-0.2, 0) is 9.59 Å². The van der Waals surface area contributed by atoms with E-state index >= 15 is 0 Å². The van der Waals surface area contributed by atoms with Crippen molar-refractivity contribution in [1.29, 1.82) is 5.26 Å². The first-order valence-corrected chi connectivity index (χ1v) is 10.6. The number of hydrogen-bond donors (Lipinski definition) is 2. The average Bonchev–Trinajstić information content (AvgIpc) is 2.84. The van der Waals surface area contributed by atoms with Gasteiger partial charge in [-0.05, 0) is 61.9 Å². The molecular weight excluding hydrogens is 430 g/mol. The van der Waals surface area contributed by atoms with E-state index in [9.17, 15) is 14.9 Å². The van der Waals surface area contributed by atoms with Crippen LogP contribution in [0.5, 0.6) is 11.5 Å². The zero-order valence-corrected chi connectivity index (χ0v) is 19.2. The van der Waals surface area contributed by atoms with E-state index in [1.165, 1.54) is 6.08 Å². The van der Waals surface area contributed by atoms with Gasteiger partial charge >= 0.3 is 0 Å². The predicted octanol–water partition coefficient (Wildman–Crippen LogP) is 4.88. The Labute approximate surface area is 198 Å². The maximum absolute atomic E-state index is 12.6. The summed E-state index contributed by atoms with van der Waals surface area (Å²) in [4.78, 5) is 25.0. The number of ether oxygens (including phenoxy) is 2. The maximum atomic E-state index is 12.6. The Kier molecular flexibility index (Phi) is 8.03. The monoisotopic (exact) mass is 455 g/mol. The Bertz CT molecular complexity index is 1260. The minimum Gasteiger partial charge on any atom is -0.497 e. The third-order valence-electron chi connectivity index (χ3n) is 4.95. The highest BCUT2D eigenvalue weighted by atomic mass is 16.5. The van der Waals surface area contributed by atoms with Gasteiger partial charge in [0, 0.05) is 16.9 Å². The molecule has 0 aliphatic rings. The molecule has 7 nitrogen and oxygen atoms in total. The number of rotatable bonds is 8. The zero-order chi connectivity index (χ0) is 24.5. The summed E-state index contributed by atoms with van der Waals surface area (Å²) in [6.07, 6.45) is 1.43. The van der Waals surface area contributed by atoms with Crippen LogP contribution in [0, 0.1) is 25.2 Å². The second-order valence-electron chi connectivity index (χ2n) is 7.55. The Hall–Kier alpha value is -4.57. The van der Waals surface area contributed by atoms with Crippen molar-refractivity contribution in [2.45, 2.75) is 13.8 Å². The number of carbonyl (C=O) groups excluding carboxylic acids is 2. The second-order valence-corrected chi connectivity index (χ2v) is 7.55. The summed E-state index contributed by atoms with van der Waals surface area (Å²) in [7, 11) is 1.55. The number of nitrogens with one attached hydrogen (secondary N) is 2. The number of aryl methyl sites for hydroxylation is 2. The number of carbonyl (C=O) groups is 2. The molecule has 3 rings (SSSR count). The molecule has 0 saturated carbocycles. The van der Waals surface area contributed by atoms with Gasteiger partial charge in [0.1, 0.15) is 23.1 Å². The van der Waals surface area contributed by atoms with Gasteiger partial charge in [-0.25, -0.2) is 0 Å². The first kappa shape index (κ1) is 24.1. The first-order valence-electron chi connectivity index (χ1n) is 10.6. The molecule has 7 heteroatoms. The molecule has 0 atom stereocenters. The Morgan fingerprint density at radius 2 is 1.74 bits per heavy atom. The third kappa shape index (κ3) is 6.47. The number of anilines is 2. The second kappa shape index (κ2) is 11.3. The molecule has 3 aromatic carbocycles. The van der Waals surface area contributed by atoms with E-state index in [1.54, 1.807) is 55.6 Å². The van der Waals surface area contributed by atoms with Crippen LogP contribution < -0.4 is 20.1 Å². The quantitative estimate of drug-likeness (QED) is 0.373. The molecule has 0 heterocycles. The normalized spacial score (nSPS) is 10.7. The molecule has 34 heavy (non-hydrogen) atoms. The summed E-state index contributed by atoms with van der Waals surface area (Å²) in [5, 5.41) is 15.0. The number of hydrogen-bond acceptors (Lipinski definition) is 5. The predicted molar refractivity (Wildman–Crippen MR) is 132 cm³/mol. The highest BCUT2D eigenvalue weighted by Crippen LogP contribution is 2.22. The van der Waals surface area contributed by atoms with E-state index in [1.807, 2.05) is 38.1 Å². The third-order valence-corrected chi connectivity index (χ3v) is 4.95. The number of amides is 2. The molecule has 0 fully saturated rings. The van der Waals surface area contributed by atoms with Crippen molar-refractivity contribution in [3.8, 4) is 17.6 Å². The fourth-order valence-corrected chi connectivity index (χ4v) is 3.19. The van der Waals surface area contributed by atoms with Gasteiger partial charge in [-0.1, -0.05) is 35.9 Å². The Balaban J connectivity index is 1.69. The zero-order valence-electron chi connectivity index (χ0n) is 19.2. The lowest BCUT2D eigenvalue weighted by molar-refractivity contribution is -0.118. The summed E-state index contributed by atoms with van der Waals surface area (Å²) in [5.74, 6) is 0.156. The molecule has 2 N–H and O–H groups in total. The van der Waals surface area contributed by atoms with Gasteiger partial charge in [0.2, 0.25) is 0 Å². The van der Waals surface area contributed by atoms with Crippen LogP contribution in [0.2, 0.25) is 0 Å². The average molecular weight is 456 g/mol. The van der Waals surface area contributed by atoms with Crippen LogP contribution in [0.15, 0.2) is 72.3 Å². The van der Waals surface area contributed by atoms with Crippen molar-refractivity contribution in [3.05, 3.63) is 89.0 Å². The smallest absolute Gasteiger partial charge is 0.266 e. The highest BCUT2D eigenvalue weighted by Gasteiger charge is 2.13. The SMILES string of the molecule is COc1ccc(NC(=O)/C(C#N)=C\c2ccccc2OCC(=O)Nc2ccc(C)cc2C)cc1. The Morgan fingerprint density at radius 1 is 1.00 bits per heavy atom. The van der Waals surface area contributed by atoms with Crippen LogP contribution in [0.3, 0.4) is 0 Å². The van der Waals surface area contributed by atoms with Crippen molar-refractivity contribution in [1.82, 2.24) is 0 Å². The van der Waals surface area contributed by atoms with Crippen molar-refractivity contribution < 1.29 is 19.1 Å². The summed E-state index contributed by atoms with van der Waals surface area (Å²) >= 11 is 0. The van der Waals surface area contributed by atoms with Crippen molar-refractivity contribution in [3.63, 3.8) is 0 Å². The van der Waals surface area contributed by atoms with Crippen molar-refractivity contribution >= 4 is 29.3 Å². The summed E-state index contributed by atoms with van der Waals surface area (Å²) in [6, 6.07) is 21.3. The molecular formula is C27H25N3O4. The number of nitriles is 1. The van der Waals surface area contributed by atoms with Crippen LogP contribution >= 0.6 is 0 Å². The molecule has 172 valence electrons. The van der Waals surface area contributed by atoms with Gasteiger partial charge in [0.25, 0.3) is 11.8 Å². The van der Waals surface area contributed by atoms with E-state index in [0.717, 1.165) is 11.1 Å². The topological polar surface area (TPSA) is 100 Å². The number of nitrogens with zero attached hydrogens (tertiary/aromatic N) is 1. The van der Waals surface area contributed by atoms with E-state index in [0.29, 0.717) is 28.4 Å². The minimum atomic E-state index is -0.560. The molecule has 0 spiro atoms. The van der Waals surface area contributed by atoms with Gasteiger partial charge in [-0.15, -0.1) is 0 Å².